The third-order valence-corrected chi connectivity index (χ3v) is 3.81. The van der Waals surface area contributed by atoms with E-state index in [0.29, 0.717) is 0 Å². The van der Waals surface area contributed by atoms with Crippen LogP contribution in [0.1, 0.15) is 33.0 Å². The SMILES string of the molecule is CC=C(C)C(O)C(C)C=CC(O)CC(O)Cc1cc(O)cc(=O)o1. The summed E-state index contributed by atoms with van der Waals surface area (Å²) in [7, 11) is 0. The van der Waals surface area contributed by atoms with Crippen molar-refractivity contribution in [3.8, 4) is 5.75 Å². The molecule has 0 radical (unpaired) electrons. The van der Waals surface area contributed by atoms with Gasteiger partial charge in [-0.3, -0.25) is 0 Å². The summed E-state index contributed by atoms with van der Waals surface area (Å²) in [5.41, 5.74) is 0.153. The molecule has 134 valence electrons. The minimum absolute atomic E-state index is 0.00436. The number of aromatic hydroxyl groups is 1. The normalized spacial score (nSPS) is 17.7. The first-order chi connectivity index (χ1) is 11.2. The molecule has 0 saturated carbocycles. The second-order valence-electron chi connectivity index (χ2n) is 5.98. The van der Waals surface area contributed by atoms with E-state index >= 15 is 0 Å². The van der Waals surface area contributed by atoms with Crippen LogP contribution in [0.2, 0.25) is 0 Å². The second kappa shape index (κ2) is 9.42. The maximum Gasteiger partial charge on any atom is 0.339 e. The van der Waals surface area contributed by atoms with Crippen molar-refractivity contribution in [3.63, 3.8) is 0 Å². The lowest BCUT2D eigenvalue weighted by Crippen LogP contribution is -2.20. The zero-order chi connectivity index (χ0) is 18.3. The molecular formula is C18H26O6. The highest BCUT2D eigenvalue weighted by Gasteiger charge is 2.15. The van der Waals surface area contributed by atoms with E-state index < -0.39 is 23.9 Å². The summed E-state index contributed by atoms with van der Waals surface area (Å²) in [4.78, 5) is 11.1. The van der Waals surface area contributed by atoms with E-state index in [4.69, 9.17) is 4.42 Å². The molecule has 0 fully saturated rings. The Bertz CT molecular complexity index is 631. The Hall–Kier alpha value is -1.89. The molecule has 4 atom stereocenters. The van der Waals surface area contributed by atoms with Gasteiger partial charge in [-0.25, -0.2) is 4.79 Å². The van der Waals surface area contributed by atoms with Crippen LogP contribution in [0.3, 0.4) is 0 Å². The predicted octanol–water partition coefficient (Wildman–Crippen LogP) is 1.52. The number of allylic oxidation sites excluding steroid dienone is 1. The molecule has 0 saturated heterocycles. The van der Waals surface area contributed by atoms with Crippen molar-refractivity contribution in [3.05, 3.63) is 52.1 Å². The minimum Gasteiger partial charge on any atom is -0.508 e. The molecule has 1 heterocycles. The van der Waals surface area contributed by atoms with Crippen molar-refractivity contribution in [2.45, 2.75) is 51.9 Å². The van der Waals surface area contributed by atoms with E-state index in [0.717, 1.165) is 11.6 Å². The van der Waals surface area contributed by atoms with Gasteiger partial charge in [-0.2, -0.15) is 0 Å². The molecule has 0 aliphatic heterocycles. The van der Waals surface area contributed by atoms with Crippen LogP contribution < -0.4 is 5.63 Å². The van der Waals surface area contributed by atoms with Gasteiger partial charge in [-0.15, -0.1) is 0 Å². The van der Waals surface area contributed by atoms with Crippen molar-refractivity contribution >= 4 is 0 Å². The first-order valence-electron chi connectivity index (χ1n) is 7.91. The predicted molar refractivity (Wildman–Crippen MR) is 90.7 cm³/mol. The summed E-state index contributed by atoms with van der Waals surface area (Å²) in [6, 6.07) is 2.19. The van der Waals surface area contributed by atoms with E-state index in [-0.39, 0.29) is 30.3 Å². The Morgan fingerprint density at radius 1 is 1.25 bits per heavy atom. The van der Waals surface area contributed by atoms with Crippen molar-refractivity contribution in [2.24, 2.45) is 5.92 Å². The first kappa shape index (κ1) is 20.2. The summed E-state index contributed by atoms with van der Waals surface area (Å²) in [6.07, 6.45) is 2.65. The van der Waals surface area contributed by atoms with Crippen molar-refractivity contribution < 1.29 is 24.8 Å². The fraction of sp³-hybridized carbons (Fsp3) is 0.500. The molecule has 1 aromatic heterocycles. The van der Waals surface area contributed by atoms with Gasteiger partial charge >= 0.3 is 5.63 Å². The quantitative estimate of drug-likeness (QED) is 0.535. The molecule has 0 spiro atoms. The van der Waals surface area contributed by atoms with E-state index in [2.05, 4.69) is 0 Å². The Morgan fingerprint density at radius 3 is 2.50 bits per heavy atom. The fourth-order valence-electron chi connectivity index (χ4n) is 2.28. The molecule has 0 bridgehead atoms. The third-order valence-electron chi connectivity index (χ3n) is 3.81. The fourth-order valence-corrected chi connectivity index (χ4v) is 2.28. The number of hydrogen-bond donors (Lipinski definition) is 4. The highest BCUT2D eigenvalue weighted by Crippen LogP contribution is 2.15. The number of aliphatic hydroxyl groups is 3. The van der Waals surface area contributed by atoms with Gasteiger partial charge in [-0.1, -0.05) is 25.2 Å². The summed E-state index contributed by atoms with van der Waals surface area (Å²) >= 11 is 0. The highest BCUT2D eigenvalue weighted by molar-refractivity contribution is 5.18. The average Bonchev–Trinajstić information content (AvgIpc) is 2.49. The molecule has 0 amide bonds. The average molecular weight is 338 g/mol. The van der Waals surface area contributed by atoms with E-state index in [9.17, 15) is 25.2 Å². The van der Waals surface area contributed by atoms with Gasteiger partial charge in [0.1, 0.15) is 11.5 Å². The molecule has 6 heteroatoms. The Balaban J connectivity index is 2.56. The zero-order valence-corrected chi connectivity index (χ0v) is 14.2. The summed E-state index contributed by atoms with van der Waals surface area (Å²) in [5.74, 6) is -0.246. The maximum absolute atomic E-state index is 11.1. The van der Waals surface area contributed by atoms with Gasteiger partial charge in [0, 0.05) is 24.8 Å². The van der Waals surface area contributed by atoms with E-state index in [1.807, 2.05) is 26.8 Å². The van der Waals surface area contributed by atoms with E-state index in [1.54, 1.807) is 6.08 Å². The number of hydrogen-bond acceptors (Lipinski definition) is 6. The lowest BCUT2D eigenvalue weighted by Gasteiger charge is -2.17. The van der Waals surface area contributed by atoms with Gasteiger partial charge in [0.25, 0.3) is 0 Å². The van der Waals surface area contributed by atoms with Gasteiger partial charge in [-0.05, 0) is 19.4 Å². The monoisotopic (exact) mass is 338 g/mol. The molecule has 0 aliphatic carbocycles. The van der Waals surface area contributed by atoms with Crippen molar-refractivity contribution in [1.82, 2.24) is 0 Å². The number of rotatable bonds is 8. The minimum atomic E-state index is -0.938. The van der Waals surface area contributed by atoms with Crippen LogP contribution in [0.25, 0.3) is 0 Å². The molecule has 0 aliphatic rings. The summed E-state index contributed by atoms with van der Waals surface area (Å²) in [5, 5.41) is 39.2. The van der Waals surface area contributed by atoms with Gasteiger partial charge < -0.3 is 24.8 Å². The Kier molecular flexibility index (Phi) is 7.91. The van der Waals surface area contributed by atoms with Crippen LogP contribution in [-0.2, 0) is 6.42 Å². The van der Waals surface area contributed by atoms with Gasteiger partial charge in [0.2, 0.25) is 0 Å². The van der Waals surface area contributed by atoms with Crippen molar-refractivity contribution in [2.75, 3.05) is 0 Å². The smallest absolute Gasteiger partial charge is 0.339 e. The highest BCUT2D eigenvalue weighted by atomic mass is 16.4. The van der Waals surface area contributed by atoms with Crippen LogP contribution >= 0.6 is 0 Å². The molecule has 1 aromatic rings. The molecular weight excluding hydrogens is 312 g/mol. The van der Waals surface area contributed by atoms with Crippen LogP contribution in [0, 0.1) is 5.92 Å². The summed E-state index contributed by atoms with van der Waals surface area (Å²) in [6.45, 7) is 5.51. The topological polar surface area (TPSA) is 111 Å². The van der Waals surface area contributed by atoms with Gasteiger partial charge in [0.05, 0.1) is 24.4 Å². The van der Waals surface area contributed by atoms with Crippen molar-refractivity contribution in [1.29, 1.82) is 0 Å². The molecule has 4 unspecified atom stereocenters. The third kappa shape index (κ3) is 6.70. The largest absolute Gasteiger partial charge is 0.508 e. The molecule has 24 heavy (non-hydrogen) atoms. The lowest BCUT2D eigenvalue weighted by molar-refractivity contribution is 0.0989. The zero-order valence-electron chi connectivity index (χ0n) is 14.2. The molecule has 4 N–H and O–H groups in total. The molecule has 6 nitrogen and oxygen atoms in total. The Labute approximate surface area is 141 Å². The summed E-state index contributed by atoms with van der Waals surface area (Å²) < 4.78 is 4.86. The standard InChI is InChI=1S/C18H26O6/c1-4-11(2)18(23)12(3)5-6-13(19)7-14(20)8-16-9-15(21)10-17(22)24-16/h4-6,9-10,12-14,18-21,23H,7-8H2,1-3H3. The molecule has 1 rings (SSSR count). The van der Waals surface area contributed by atoms with Gasteiger partial charge in [0.15, 0.2) is 0 Å². The van der Waals surface area contributed by atoms with Crippen LogP contribution in [0.5, 0.6) is 5.75 Å². The lowest BCUT2D eigenvalue weighted by atomic mass is 9.96. The van der Waals surface area contributed by atoms with Crippen LogP contribution in [0.4, 0.5) is 0 Å². The second-order valence-corrected chi connectivity index (χ2v) is 5.98. The Morgan fingerprint density at radius 2 is 1.92 bits per heavy atom. The van der Waals surface area contributed by atoms with Crippen LogP contribution in [-0.4, -0.2) is 38.7 Å². The maximum atomic E-state index is 11.1. The number of aliphatic hydroxyl groups excluding tert-OH is 3. The van der Waals surface area contributed by atoms with E-state index in [1.165, 1.54) is 12.1 Å². The van der Waals surface area contributed by atoms with Crippen LogP contribution in [0.15, 0.2) is 45.1 Å². The first-order valence-corrected chi connectivity index (χ1v) is 7.91. The molecule has 0 aromatic carbocycles.